The number of benzene rings is 1. The number of thiophene rings is 1. The molecular weight excluding hydrogens is 314 g/mol. The van der Waals surface area contributed by atoms with Crippen molar-refractivity contribution < 1.29 is 19.1 Å². The van der Waals surface area contributed by atoms with Crippen LogP contribution in [0.25, 0.3) is 0 Å². The van der Waals surface area contributed by atoms with Crippen LogP contribution < -0.4 is 10.1 Å². The van der Waals surface area contributed by atoms with Crippen molar-refractivity contribution in [1.29, 1.82) is 0 Å². The van der Waals surface area contributed by atoms with E-state index in [9.17, 15) is 9.59 Å². The number of amides is 1. The first-order chi connectivity index (χ1) is 11.1. The van der Waals surface area contributed by atoms with Crippen molar-refractivity contribution >= 4 is 23.2 Å². The molecule has 1 aromatic carbocycles. The average molecular weight is 333 g/mol. The van der Waals surface area contributed by atoms with E-state index in [0.29, 0.717) is 17.2 Å². The zero-order valence-electron chi connectivity index (χ0n) is 13.1. The van der Waals surface area contributed by atoms with Crippen LogP contribution in [0, 0.1) is 0 Å². The van der Waals surface area contributed by atoms with Crippen LogP contribution in [0.3, 0.4) is 0 Å². The van der Waals surface area contributed by atoms with E-state index in [1.807, 2.05) is 23.6 Å². The molecule has 5 nitrogen and oxygen atoms in total. The van der Waals surface area contributed by atoms with E-state index in [-0.39, 0.29) is 18.3 Å². The van der Waals surface area contributed by atoms with Crippen molar-refractivity contribution in [3.63, 3.8) is 0 Å². The molecule has 0 unspecified atom stereocenters. The second kappa shape index (κ2) is 8.33. The van der Waals surface area contributed by atoms with E-state index in [1.54, 1.807) is 32.2 Å². The third-order valence-electron chi connectivity index (χ3n) is 3.24. The molecule has 1 N–H and O–H groups in total. The van der Waals surface area contributed by atoms with Crippen LogP contribution in [0.2, 0.25) is 0 Å². The summed E-state index contributed by atoms with van der Waals surface area (Å²) in [5, 5.41) is 4.73. The number of hydrogen-bond acceptors (Lipinski definition) is 5. The van der Waals surface area contributed by atoms with Crippen molar-refractivity contribution in [2.24, 2.45) is 0 Å². The fourth-order valence-electron chi connectivity index (χ4n) is 2.11. The zero-order chi connectivity index (χ0) is 16.7. The Balaban J connectivity index is 2.16. The van der Waals surface area contributed by atoms with Gasteiger partial charge in [-0.05, 0) is 36.1 Å². The fourth-order valence-corrected chi connectivity index (χ4v) is 2.74. The highest BCUT2D eigenvalue weighted by Gasteiger charge is 2.20. The Bertz CT molecular complexity index is 637. The quantitative estimate of drug-likeness (QED) is 0.791. The molecule has 2 rings (SSSR count). The van der Waals surface area contributed by atoms with Crippen molar-refractivity contribution in [3.05, 3.63) is 52.2 Å². The topological polar surface area (TPSA) is 64.6 Å². The van der Waals surface area contributed by atoms with Crippen molar-refractivity contribution in [3.8, 4) is 5.75 Å². The Morgan fingerprint density at radius 1 is 1.22 bits per heavy atom. The van der Waals surface area contributed by atoms with Crippen LogP contribution in [-0.2, 0) is 9.53 Å². The Kier molecular flexibility index (Phi) is 6.17. The summed E-state index contributed by atoms with van der Waals surface area (Å²) in [6.45, 7) is 2.07. The van der Waals surface area contributed by atoms with Gasteiger partial charge < -0.3 is 14.8 Å². The van der Waals surface area contributed by atoms with Crippen LogP contribution in [0.15, 0.2) is 41.8 Å². The first-order valence-corrected chi connectivity index (χ1v) is 8.16. The number of carbonyl (C=O) groups is 2. The molecule has 0 saturated carbocycles. The SMILES string of the molecule is CCOC(=O)C[C@@H](NC(=O)c1cccs1)c1ccc(OC)cc1. The minimum absolute atomic E-state index is 0.0806. The molecule has 0 spiro atoms. The molecule has 0 aliphatic carbocycles. The van der Waals surface area contributed by atoms with E-state index in [0.717, 1.165) is 5.56 Å². The lowest BCUT2D eigenvalue weighted by Gasteiger charge is -2.18. The van der Waals surface area contributed by atoms with Gasteiger partial charge >= 0.3 is 5.97 Å². The Labute approximate surface area is 139 Å². The van der Waals surface area contributed by atoms with Gasteiger partial charge in [-0.15, -0.1) is 11.3 Å². The number of carbonyl (C=O) groups excluding carboxylic acids is 2. The van der Waals surface area contributed by atoms with E-state index in [1.165, 1.54) is 11.3 Å². The van der Waals surface area contributed by atoms with Crippen molar-refractivity contribution in [1.82, 2.24) is 5.32 Å². The first kappa shape index (κ1) is 17.0. The van der Waals surface area contributed by atoms with E-state index >= 15 is 0 Å². The average Bonchev–Trinajstić information content (AvgIpc) is 3.09. The molecule has 1 amide bonds. The summed E-state index contributed by atoms with van der Waals surface area (Å²) in [7, 11) is 1.59. The van der Waals surface area contributed by atoms with Gasteiger partial charge in [-0.25, -0.2) is 0 Å². The molecule has 23 heavy (non-hydrogen) atoms. The summed E-state index contributed by atoms with van der Waals surface area (Å²) in [6, 6.07) is 10.4. The van der Waals surface area contributed by atoms with Crippen molar-refractivity contribution in [2.75, 3.05) is 13.7 Å². The van der Waals surface area contributed by atoms with Gasteiger partial charge in [-0.1, -0.05) is 18.2 Å². The molecule has 0 fully saturated rings. The minimum atomic E-state index is -0.449. The molecule has 122 valence electrons. The Hall–Kier alpha value is -2.34. The Morgan fingerprint density at radius 2 is 1.96 bits per heavy atom. The highest BCUT2D eigenvalue weighted by Crippen LogP contribution is 2.22. The molecule has 0 aliphatic rings. The second-order valence-corrected chi connectivity index (χ2v) is 5.73. The standard InChI is InChI=1S/C17H19NO4S/c1-3-22-16(19)11-14(12-6-8-13(21-2)9-7-12)18-17(20)15-5-4-10-23-15/h4-10,14H,3,11H2,1-2H3,(H,18,20)/t14-/m1/s1. The number of ether oxygens (including phenoxy) is 2. The molecule has 1 atom stereocenters. The lowest BCUT2D eigenvalue weighted by molar-refractivity contribution is -0.143. The normalized spacial score (nSPS) is 11.6. The number of esters is 1. The number of rotatable bonds is 7. The summed E-state index contributed by atoms with van der Waals surface area (Å²) in [5.41, 5.74) is 0.823. The molecular formula is C17H19NO4S. The molecule has 2 aromatic rings. The highest BCUT2D eigenvalue weighted by atomic mass is 32.1. The maximum Gasteiger partial charge on any atom is 0.308 e. The van der Waals surface area contributed by atoms with Crippen LogP contribution in [0.4, 0.5) is 0 Å². The number of nitrogens with one attached hydrogen (secondary N) is 1. The molecule has 6 heteroatoms. The molecule has 0 radical (unpaired) electrons. The minimum Gasteiger partial charge on any atom is -0.497 e. The molecule has 0 aliphatic heterocycles. The third-order valence-corrected chi connectivity index (χ3v) is 4.11. The zero-order valence-corrected chi connectivity index (χ0v) is 13.9. The maximum atomic E-state index is 12.3. The van der Waals surface area contributed by atoms with Crippen molar-refractivity contribution in [2.45, 2.75) is 19.4 Å². The van der Waals surface area contributed by atoms with Gasteiger partial charge in [-0.3, -0.25) is 9.59 Å². The number of hydrogen-bond donors (Lipinski definition) is 1. The molecule has 0 saturated heterocycles. The lowest BCUT2D eigenvalue weighted by Crippen LogP contribution is -2.30. The van der Waals surface area contributed by atoms with Gasteiger partial charge in [0.05, 0.1) is 31.1 Å². The lowest BCUT2D eigenvalue weighted by atomic mass is 10.0. The van der Waals surface area contributed by atoms with Gasteiger partial charge in [0, 0.05) is 0 Å². The van der Waals surface area contributed by atoms with E-state index < -0.39 is 6.04 Å². The first-order valence-electron chi connectivity index (χ1n) is 7.28. The predicted octanol–water partition coefficient (Wildman–Crippen LogP) is 3.18. The predicted molar refractivity (Wildman–Crippen MR) is 88.8 cm³/mol. The summed E-state index contributed by atoms with van der Waals surface area (Å²) >= 11 is 1.36. The molecule has 1 aromatic heterocycles. The smallest absolute Gasteiger partial charge is 0.308 e. The van der Waals surface area contributed by atoms with Crippen LogP contribution in [0.5, 0.6) is 5.75 Å². The Morgan fingerprint density at radius 3 is 2.52 bits per heavy atom. The summed E-state index contributed by atoms with van der Waals surface area (Å²) in [5.74, 6) is 0.165. The third kappa shape index (κ3) is 4.82. The van der Waals surface area contributed by atoms with Crippen LogP contribution in [0.1, 0.15) is 34.6 Å². The summed E-state index contributed by atoms with van der Waals surface area (Å²) in [6.07, 6.45) is 0.0806. The fraction of sp³-hybridized carbons (Fsp3) is 0.294. The van der Waals surface area contributed by atoms with Gasteiger partial charge in [-0.2, -0.15) is 0 Å². The van der Waals surface area contributed by atoms with Gasteiger partial charge in [0.25, 0.3) is 5.91 Å². The molecule has 1 heterocycles. The number of methoxy groups -OCH3 is 1. The van der Waals surface area contributed by atoms with E-state index in [2.05, 4.69) is 5.32 Å². The highest BCUT2D eigenvalue weighted by molar-refractivity contribution is 7.12. The van der Waals surface area contributed by atoms with Gasteiger partial charge in [0.1, 0.15) is 5.75 Å². The van der Waals surface area contributed by atoms with Crippen LogP contribution in [-0.4, -0.2) is 25.6 Å². The molecule has 0 bridgehead atoms. The van der Waals surface area contributed by atoms with E-state index in [4.69, 9.17) is 9.47 Å². The second-order valence-electron chi connectivity index (χ2n) is 4.79. The summed E-state index contributed by atoms with van der Waals surface area (Å²) < 4.78 is 10.1. The largest absolute Gasteiger partial charge is 0.497 e. The monoisotopic (exact) mass is 333 g/mol. The van der Waals surface area contributed by atoms with Gasteiger partial charge in [0.2, 0.25) is 0 Å². The van der Waals surface area contributed by atoms with Crippen LogP contribution >= 0.6 is 11.3 Å². The van der Waals surface area contributed by atoms with Gasteiger partial charge in [0.15, 0.2) is 0 Å². The maximum absolute atomic E-state index is 12.3. The summed E-state index contributed by atoms with van der Waals surface area (Å²) in [4.78, 5) is 24.7.